The van der Waals surface area contributed by atoms with Crippen LogP contribution in [0.4, 0.5) is 13.2 Å². The van der Waals surface area contributed by atoms with Crippen LogP contribution in [0.15, 0.2) is 42.7 Å². The van der Waals surface area contributed by atoms with E-state index >= 15 is 28.8 Å². The highest BCUT2D eigenvalue weighted by Crippen LogP contribution is 2.38. The molecular weight excluding hydrogens is 1380 g/mol. The highest BCUT2D eigenvalue weighted by atomic mass is 35.5. The molecule has 2 aliphatic heterocycles. The van der Waals surface area contributed by atoms with Gasteiger partial charge in [0, 0.05) is 81.4 Å². The van der Waals surface area contributed by atoms with Crippen LogP contribution in [-0.2, 0) is 76.7 Å². The monoisotopic (exact) mass is 1490 g/mol. The fraction of sp³-hybridized carbons (Fsp3) is 0.697. The predicted molar refractivity (Wildman–Crippen MR) is 389 cm³/mol. The summed E-state index contributed by atoms with van der Waals surface area (Å²) >= 11 is 6.20. The van der Waals surface area contributed by atoms with Gasteiger partial charge in [0.2, 0.25) is 70.9 Å². The van der Waals surface area contributed by atoms with Gasteiger partial charge in [-0.25, -0.2) is 0 Å². The van der Waals surface area contributed by atoms with Crippen LogP contribution in [0, 0.1) is 23.7 Å². The van der Waals surface area contributed by atoms with Gasteiger partial charge in [0.15, 0.2) is 0 Å². The van der Waals surface area contributed by atoms with Crippen molar-refractivity contribution in [2.75, 3.05) is 88.6 Å². The lowest BCUT2D eigenvalue weighted by Gasteiger charge is -2.43. The van der Waals surface area contributed by atoms with Gasteiger partial charge in [-0.2, -0.15) is 13.2 Å². The summed E-state index contributed by atoms with van der Waals surface area (Å²) in [7, 11) is 9.96. The summed E-state index contributed by atoms with van der Waals surface area (Å²) in [4.78, 5) is 196. The highest BCUT2D eigenvalue weighted by molar-refractivity contribution is 6.31. The number of aryl methyl sites for hydroxylation is 1. The van der Waals surface area contributed by atoms with Crippen molar-refractivity contribution < 1.29 is 70.7 Å². The summed E-state index contributed by atoms with van der Waals surface area (Å²) in [5.74, 6) is -9.17. The van der Waals surface area contributed by atoms with E-state index in [9.17, 15) is 41.9 Å². The summed E-state index contributed by atoms with van der Waals surface area (Å²) < 4.78 is 41.9. The minimum atomic E-state index is -4.78. The van der Waals surface area contributed by atoms with Gasteiger partial charge in [-0.1, -0.05) is 116 Å². The topological polar surface area (TPSA) is 283 Å². The first-order valence-corrected chi connectivity index (χ1v) is 38.1. The minimum Gasteiger partial charge on any atom is -0.343 e. The number of likely N-dealkylation sites (N-methyl/N-ethyl adjacent to an activating group) is 7. The first-order chi connectivity index (χ1) is 49.7. The van der Waals surface area contributed by atoms with E-state index < -0.39 is 174 Å². The molecule has 105 heavy (non-hydrogen) atoms. The molecule has 0 radical (unpaired) electrons. The van der Waals surface area contributed by atoms with E-state index in [0.717, 1.165) is 84.6 Å². The van der Waals surface area contributed by atoms with Crippen molar-refractivity contribution in [2.45, 2.75) is 230 Å². The summed E-state index contributed by atoms with van der Waals surface area (Å²) in [6.07, 6.45) is 9.05. The number of pyridine rings is 1. The van der Waals surface area contributed by atoms with Crippen molar-refractivity contribution in [1.82, 2.24) is 65.0 Å². The Morgan fingerprint density at radius 2 is 1.21 bits per heavy atom. The summed E-state index contributed by atoms with van der Waals surface area (Å²) in [6, 6.07) is -1.37. The summed E-state index contributed by atoms with van der Waals surface area (Å²) in [5.41, 5.74) is -1.95. The number of rotatable bonds is 13. The second kappa shape index (κ2) is 38.6. The minimum absolute atomic E-state index is 0.000539. The van der Waals surface area contributed by atoms with Crippen LogP contribution >= 0.6 is 11.6 Å². The second-order valence-electron chi connectivity index (χ2n) is 30.6. The number of nitrogens with one attached hydrogen (secondary N) is 3. The Bertz CT molecular complexity index is 3380. The first kappa shape index (κ1) is 84.4. The number of carbonyl (C=O) groups excluding carboxylic acids is 12. The van der Waals surface area contributed by atoms with Gasteiger partial charge < -0.3 is 60.0 Å². The number of hydrogen-bond donors (Lipinski definition) is 3. The molecule has 1 spiro atoms. The molecule has 7 atom stereocenters. The van der Waals surface area contributed by atoms with Crippen LogP contribution in [0.2, 0.25) is 5.02 Å². The number of nitrogens with zero attached hydrogens (tertiary/aromatic N) is 10. The number of hydrogen-bond acceptors (Lipinski definition) is 13. The largest absolute Gasteiger partial charge is 0.417 e. The van der Waals surface area contributed by atoms with Crippen molar-refractivity contribution in [3.8, 4) is 0 Å². The molecule has 1 aromatic heterocycles. The number of alkyl halides is 3. The number of carbonyl (C=O) groups is 12. The number of likely N-dealkylation sites (tertiary alicyclic amines) is 1. The maximum atomic E-state index is 15.9. The zero-order chi connectivity index (χ0) is 77.2. The Balaban J connectivity index is 1.32. The molecule has 3 aliphatic carbocycles. The molecule has 3 saturated carbocycles. The smallest absolute Gasteiger partial charge is 0.343 e. The molecule has 1 aromatic carbocycles. The van der Waals surface area contributed by atoms with Crippen molar-refractivity contribution in [3.05, 3.63) is 64.4 Å². The summed E-state index contributed by atoms with van der Waals surface area (Å²) in [6.45, 7) is 5.37. The van der Waals surface area contributed by atoms with Gasteiger partial charge in [0.1, 0.15) is 41.8 Å². The van der Waals surface area contributed by atoms with Crippen LogP contribution in [0.1, 0.15) is 186 Å². The third kappa shape index (κ3) is 22.6. The molecule has 582 valence electrons. The van der Waals surface area contributed by atoms with E-state index in [1.165, 1.54) is 92.3 Å². The molecule has 0 bridgehead atoms. The molecule has 0 unspecified atom stereocenters. The normalized spacial score (nSPS) is 25.0. The van der Waals surface area contributed by atoms with Crippen LogP contribution in [0.3, 0.4) is 0 Å². The quantitative estimate of drug-likeness (QED) is 0.185. The SMILES string of the molecule is CC[C@H](C)[C@@H]1NC(=O)[C@H](CC(C)C)N(C)C(=O)C[C@@H](C(=O)N2CCCCC2)N(C)C(=O)[C@H](C2CCCCC2)N(C)C(=O)C2(CCCC2)NC(=O)CN(Cc2ccncc2)C(=O)[C@H](CCc2ccc(C(F)(F)F)c(Cl)c2)NC(=O)CN(C)C(=O)[C@H](CC2CCCCC2)N(C)C(=O)CN(C)C(=O)CN(C)C1=O. The average Bonchev–Trinajstić information content (AvgIpc) is 1.76. The van der Waals surface area contributed by atoms with Crippen molar-refractivity contribution >= 4 is 82.5 Å². The van der Waals surface area contributed by atoms with Gasteiger partial charge in [-0.3, -0.25) is 62.5 Å². The third-order valence-corrected chi connectivity index (χ3v) is 22.6. The average molecular weight is 1490 g/mol. The molecule has 2 aromatic rings. The molecular formula is C76H113ClF3N13O12. The predicted octanol–water partition coefficient (Wildman–Crippen LogP) is 6.86. The zero-order valence-corrected chi connectivity index (χ0v) is 64.2. The fourth-order valence-corrected chi connectivity index (χ4v) is 16.0. The van der Waals surface area contributed by atoms with Crippen LogP contribution in [0.25, 0.3) is 0 Å². The standard InChI is InChI=1S/C76H113ClF3N13O12/c1-12-50(4)66-72(103)87(7)47-64(97)85(5)48-65(98)89(9)59(42-51-24-16-13-17-25-51)70(101)86(6)45-61(94)82-57(31-29-52-28-30-55(56(77)41-52)76(78,79)80)69(100)93(44-53-32-36-81-37-33-53)46-62(95)84-75(34-20-21-35-75)74(105)91(11)67(54-26-18-14-19-27-54)73(104)90(10)60(71(102)92-38-22-15-23-39-92)43-63(96)88(8)58(40-49(2)3)68(99)83-66/h28,30,32-33,36-37,41,49-51,54,57-60,66-67H,12-27,29,31,34-35,38-40,42-48H2,1-11H3,(H,82,94)(H,83,99)(H,84,95)/t50-,57-,58-,59-,60-,66-,67-/m0/s1. The molecule has 5 aliphatic rings. The number of amides is 12. The molecule has 12 amide bonds. The lowest BCUT2D eigenvalue weighted by atomic mass is 9.81. The van der Waals surface area contributed by atoms with E-state index in [0.29, 0.717) is 63.6 Å². The lowest BCUT2D eigenvalue weighted by molar-refractivity contribution is -0.157. The number of piperidine rings is 1. The molecule has 2 saturated heterocycles. The Kier molecular flexibility index (Phi) is 31.0. The molecule has 3 heterocycles. The number of benzene rings is 1. The number of aromatic nitrogens is 1. The van der Waals surface area contributed by atoms with Gasteiger partial charge in [-0.05, 0) is 130 Å². The van der Waals surface area contributed by atoms with Crippen LogP contribution in [0.5, 0.6) is 0 Å². The Morgan fingerprint density at radius 3 is 1.81 bits per heavy atom. The highest BCUT2D eigenvalue weighted by Gasteiger charge is 2.50. The van der Waals surface area contributed by atoms with Crippen molar-refractivity contribution in [1.29, 1.82) is 0 Å². The molecule has 5 fully saturated rings. The van der Waals surface area contributed by atoms with E-state index in [2.05, 4.69) is 20.9 Å². The van der Waals surface area contributed by atoms with E-state index in [1.807, 2.05) is 20.8 Å². The third-order valence-electron chi connectivity index (χ3n) is 22.3. The Hall–Kier alpha value is -7.91. The maximum absolute atomic E-state index is 15.9. The van der Waals surface area contributed by atoms with Gasteiger partial charge >= 0.3 is 6.18 Å². The zero-order valence-electron chi connectivity index (χ0n) is 63.4. The van der Waals surface area contributed by atoms with Gasteiger partial charge in [0.05, 0.1) is 43.2 Å². The van der Waals surface area contributed by atoms with E-state index in [-0.39, 0.29) is 62.5 Å². The van der Waals surface area contributed by atoms with Crippen LogP contribution < -0.4 is 16.0 Å². The van der Waals surface area contributed by atoms with Gasteiger partial charge in [0.25, 0.3) is 0 Å². The van der Waals surface area contributed by atoms with E-state index in [4.69, 9.17) is 11.6 Å². The molecule has 29 heteroatoms. The Morgan fingerprint density at radius 1 is 0.619 bits per heavy atom. The van der Waals surface area contributed by atoms with Crippen molar-refractivity contribution in [2.24, 2.45) is 23.7 Å². The second-order valence-corrected chi connectivity index (χ2v) is 31.0. The molecule has 3 N–H and O–H groups in total. The lowest BCUT2D eigenvalue weighted by Crippen LogP contribution is -2.64. The first-order valence-electron chi connectivity index (χ1n) is 37.7. The molecule has 7 rings (SSSR count). The summed E-state index contributed by atoms with van der Waals surface area (Å²) in [5, 5.41) is 8.10. The van der Waals surface area contributed by atoms with Crippen LogP contribution in [-0.4, -0.2) is 250 Å². The number of halogens is 4. The van der Waals surface area contributed by atoms with E-state index in [1.54, 1.807) is 24.0 Å². The van der Waals surface area contributed by atoms with Gasteiger partial charge in [-0.15, -0.1) is 0 Å². The maximum Gasteiger partial charge on any atom is 0.417 e. The van der Waals surface area contributed by atoms with Crippen molar-refractivity contribution in [3.63, 3.8) is 0 Å². The fourth-order valence-electron chi connectivity index (χ4n) is 15.6. The molecule has 25 nitrogen and oxygen atoms in total. The Labute approximate surface area is 622 Å².